The van der Waals surface area contributed by atoms with Crippen molar-refractivity contribution in [3.63, 3.8) is 0 Å². The van der Waals surface area contributed by atoms with Crippen molar-refractivity contribution in [2.45, 2.75) is 13.3 Å². The lowest BCUT2D eigenvalue weighted by Crippen LogP contribution is -2.16. The van der Waals surface area contributed by atoms with Crippen LogP contribution >= 0.6 is 11.3 Å². The third-order valence-corrected chi connectivity index (χ3v) is 4.09. The number of carbonyl (C=O) groups excluding carboxylic acids is 2. The first kappa shape index (κ1) is 14.3. The van der Waals surface area contributed by atoms with Crippen LogP contribution in [0.5, 0.6) is 0 Å². The predicted octanol–water partition coefficient (Wildman–Crippen LogP) is 1.98. The number of benzene rings is 1. The Morgan fingerprint density at radius 2 is 2.05 bits per heavy atom. The number of nitrogens with one attached hydrogen (secondary N) is 1. The fourth-order valence-corrected chi connectivity index (χ4v) is 3.07. The molecule has 0 saturated carbocycles. The zero-order valence-corrected chi connectivity index (χ0v) is 12.7. The number of carbonyl (C=O) groups is 2. The SMILES string of the molecule is Cc1cn2c(CC(=O)Nc3ccc(C(N)=O)cc3)csc2n1. The van der Waals surface area contributed by atoms with Gasteiger partial charge in [0.15, 0.2) is 4.96 Å². The van der Waals surface area contributed by atoms with Gasteiger partial charge in [0.25, 0.3) is 0 Å². The van der Waals surface area contributed by atoms with Crippen molar-refractivity contribution in [3.8, 4) is 0 Å². The summed E-state index contributed by atoms with van der Waals surface area (Å²) in [7, 11) is 0. The second kappa shape index (κ2) is 5.61. The highest BCUT2D eigenvalue weighted by molar-refractivity contribution is 7.15. The molecule has 0 saturated heterocycles. The Bertz CT molecular complexity index is 848. The van der Waals surface area contributed by atoms with Crippen molar-refractivity contribution < 1.29 is 9.59 Å². The summed E-state index contributed by atoms with van der Waals surface area (Å²) in [5.41, 5.74) is 8.03. The standard InChI is InChI=1S/C15H14N4O2S/c1-9-7-19-12(8-22-15(19)17-9)6-13(20)18-11-4-2-10(3-5-11)14(16)21/h2-5,7-8H,6H2,1H3,(H2,16,21)(H,18,20). The summed E-state index contributed by atoms with van der Waals surface area (Å²) in [5, 5.41) is 4.73. The Morgan fingerprint density at radius 3 is 2.73 bits per heavy atom. The van der Waals surface area contributed by atoms with Crippen molar-refractivity contribution in [1.29, 1.82) is 0 Å². The average molecular weight is 314 g/mol. The third kappa shape index (κ3) is 2.84. The van der Waals surface area contributed by atoms with Gasteiger partial charge in [-0.15, -0.1) is 11.3 Å². The fraction of sp³-hybridized carbons (Fsp3) is 0.133. The number of hydrogen-bond donors (Lipinski definition) is 2. The molecule has 7 heteroatoms. The van der Waals surface area contributed by atoms with E-state index in [4.69, 9.17) is 5.73 Å². The third-order valence-electron chi connectivity index (χ3n) is 3.20. The van der Waals surface area contributed by atoms with Gasteiger partial charge < -0.3 is 11.1 Å². The summed E-state index contributed by atoms with van der Waals surface area (Å²) in [6, 6.07) is 6.48. The molecular weight excluding hydrogens is 300 g/mol. The molecule has 22 heavy (non-hydrogen) atoms. The second-order valence-corrected chi connectivity index (χ2v) is 5.77. The zero-order chi connectivity index (χ0) is 15.7. The Balaban J connectivity index is 1.70. The van der Waals surface area contributed by atoms with E-state index in [9.17, 15) is 9.59 Å². The number of nitrogens with two attached hydrogens (primary N) is 1. The number of nitrogens with zero attached hydrogens (tertiary/aromatic N) is 2. The number of imidazole rings is 1. The molecule has 1 aromatic carbocycles. The van der Waals surface area contributed by atoms with Gasteiger partial charge in [0, 0.05) is 28.5 Å². The van der Waals surface area contributed by atoms with Gasteiger partial charge in [-0.2, -0.15) is 0 Å². The van der Waals surface area contributed by atoms with Crippen LogP contribution < -0.4 is 11.1 Å². The predicted molar refractivity (Wildman–Crippen MR) is 85.1 cm³/mol. The molecule has 0 aliphatic carbocycles. The highest BCUT2D eigenvalue weighted by Gasteiger charge is 2.11. The van der Waals surface area contributed by atoms with Gasteiger partial charge in [-0.1, -0.05) is 0 Å². The average Bonchev–Trinajstić information content (AvgIpc) is 3.00. The quantitative estimate of drug-likeness (QED) is 0.771. The summed E-state index contributed by atoms with van der Waals surface area (Å²) in [6.45, 7) is 1.92. The molecule has 6 nitrogen and oxygen atoms in total. The molecule has 0 unspecified atom stereocenters. The van der Waals surface area contributed by atoms with Crippen LogP contribution in [0.1, 0.15) is 21.7 Å². The lowest BCUT2D eigenvalue weighted by Gasteiger charge is -2.05. The fourth-order valence-electron chi connectivity index (χ4n) is 2.16. The number of amides is 2. The molecule has 2 amide bonds. The van der Waals surface area contributed by atoms with E-state index in [-0.39, 0.29) is 12.3 Å². The maximum Gasteiger partial charge on any atom is 0.248 e. The number of aromatic nitrogens is 2. The van der Waals surface area contributed by atoms with E-state index in [1.54, 1.807) is 24.3 Å². The van der Waals surface area contributed by atoms with E-state index < -0.39 is 5.91 Å². The zero-order valence-electron chi connectivity index (χ0n) is 11.9. The van der Waals surface area contributed by atoms with E-state index in [0.29, 0.717) is 11.3 Å². The normalized spacial score (nSPS) is 10.8. The monoisotopic (exact) mass is 314 g/mol. The van der Waals surface area contributed by atoms with E-state index in [1.807, 2.05) is 22.9 Å². The molecule has 0 aliphatic heterocycles. The van der Waals surface area contributed by atoms with E-state index >= 15 is 0 Å². The van der Waals surface area contributed by atoms with Gasteiger partial charge in [-0.3, -0.25) is 14.0 Å². The summed E-state index contributed by atoms with van der Waals surface area (Å²) in [4.78, 5) is 28.4. The summed E-state index contributed by atoms with van der Waals surface area (Å²) < 4.78 is 1.93. The molecule has 0 spiro atoms. The van der Waals surface area contributed by atoms with Gasteiger partial charge >= 0.3 is 0 Å². The lowest BCUT2D eigenvalue weighted by molar-refractivity contribution is -0.115. The van der Waals surface area contributed by atoms with E-state index in [0.717, 1.165) is 16.3 Å². The second-order valence-electron chi connectivity index (χ2n) is 4.93. The molecule has 0 atom stereocenters. The van der Waals surface area contributed by atoms with Crippen LogP contribution in [0, 0.1) is 6.92 Å². The molecule has 0 aliphatic rings. The molecule has 3 N–H and O–H groups in total. The van der Waals surface area contributed by atoms with E-state index in [1.165, 1.54) is 11.3 Å². The van der Waals surface area contributed by atoms with Crippen molar-refractivity contribution in [2.75, 3.05) is 5.32 Å². The molecule has 0 fully saturated rings. The van der Waals surface area contributed by atoms with Crippen LogP contribution in [0.25, 0.3) is 4.96 Å². The number of hydrogen-bond acceptors (Lipinski definition) is 4. The van der Waals surface area contributed by atoms with Gasteiger partial charge in [-0.05, 0) is 31.2 Å². The number of thiazole rings is 1. The highest BCUT2D eigenvalue weighted by Crippen LogP contribution is 2.17. The first-order chi connectivity index (χ1) is 10.5. The van der Waals surface area contributed by atoms with E-state index in [2.05, 4.69) is 10.3 Å². The maximum atomic E-state index is 12.1. The van der Waals surface area contributed by atoms with Crippen molar-refractivity contribution >= 4 is 33.8 Å². The first-order valence-electron chi connectivity index (χ1n) is 6.65. The Kier molecular flexibility index (Phi) is 3.64. The van der Waals surface area contributed by atoms with Crippen LogP contribution in [0.15, 0.2) is 35.8 Å². The van der Waals surface area contributed by atoms with Crippen LogP contribution in [0.3, 0.4) is 0 Å². The molecular formula is C15H14N4O2S. The summed E-state index contributed by atoms with van der Waals surface area (Å²) >= 11 is 1.51. The van der Waals surface area contributed by atoms with Crippen LogP contribution in [-0.4, -0.2) is 21.2 Å². The minimum absolute atomic E-state index is 0.127. The number of rotatable bonds is 4. The van der Waals surface area contributed by atoms with Gasteiger partial charge in [0.1, 0.15) is 0 Å². The molecule has 0 radical (unpaired) electrons. The Morgan fingerprint density at radius 1 is 1.32 bits per heavy atom. The smallest absolute Gasteiger partial charge is 0.248 e. The number of anilines is 1. The lowest BCUT2D eigenvalue weighted by atomic mass is 10.2. The van der Waals surface area contributed by atoms with Gasteiger partial charge in [-0.25, -0.2) is 4.98 Å². The topological polar surface area (TPSA) is 89.5 Å². The van der Waals surface area contributed by atoms with Crippen molar-refractivity contribution in [2.24, 2.45) is 5.73 Å². The Hall–Kier alpha value is -2.67. The first-order valence-corrected chi connectivity index (χ1v) is 7.52. The minimum Gasteiger partial charge on any atom is -0.366 e. The van der Waals surface area contributed by atoms with Crippen LogP contribution in [0.2, 0.25) is 0 Å². The molecule has 112 valence electrons. The Labute approximate surface area is 130 Å². The van der Waals surface area contributed by atoms with Crippen LogP contribution in [-0.2, 0) is 11.2 Å². The number of fused-ring (bicyclic) bond motifs is 1. The summed E-state index contributed by atoms with van der Waals surface area (Å²) in [6.07, 6.45) is 2.17. The highest BCUT2D eigenvalue weighted by atomic mass is 32.1. The number of aryl methyl sites for hydroxylation is 1. The molecule has 3 aromatic rings. The molecule has 2 aromatic heterocycles. The molecule has 0 bridgehead atoms. The largest absolute Gasteiger partial charge is 0.366 e. The summed E-state index contributed by atoms with van der Waals surface area (Å²) in [5.74, 6) is -0.619. The maximum absolute atomic E-state index is 12.1. The van der Waals surface area contributed by atoms with Gasteiger partial charge in [0.05, 0.1) is 12.1 Å². The number of primary amides is 1. The minimum atomic E-state index is -0.492. The molecule has 2 heterocycles. The molecule has 3 rings (SSSR count). The van der Waals surface area contributed by atoms with Crippen molar-refractivity contribution in [1.82, 2.24) is 9.38 Å². The van der Waals surface area contributed by atoms with Crippen molar-refractivity contribution in [3.05, 3.63) is 52.8 Å². The van der Waals surface area contributed by atoms with Crippen LogP contribution in [0.4, 0.5) is 5.69 Å². The van der Waals surface area contributed by atoms with Gasteiger partial charge in [0.2, 0.25) is 11.8 Å².